The number of nitrogens with zero attached hydrogens (tertiary/aromatic N) is 2. The van der Waals surface area contributed by atoms with Crippen LogP contribution in [0.5, 0.6) is 5.75 Å². The van der Waals surface area contributed by atoms with Crippen LogP contribution in [0.1, 0.15) is 6.42 Å². The maximum atomic E-state index is 12.1. The fraction of sp³-hybridized carbons (Fsp3) is 0.308. The van der Waals surface area contributed by atoms with Crippen LogP contribution in [0.3, 0.4) is 0 Å². The summed E-state index contributed by atoms with van der Waals surface area (Å²) in [6, 6.07) is 6.24. The minimum absolute atomic E-state index is 0.213. The summed E-state index contributed by atoms with van der Waals surface area (Å²) < 4.78 is 33.3. The molecule has 0 atom stereocenters. The molecule has 0 radical (unpaired) electrons. The quantitative estimate of drug-likeness (QED) is 0.788. The van der Waals surface area contributed by atoms with E-state index in [1.807, 2.05) is 0 Å². The number of aryl methyl sites for hydroxylation is 1. The highest BCUT2D eigenvalue weighted by Crippen LogP contribution is 2.15. The topological polar surface area (TPSA) is 73.2 Å². The van der Waals surface area contributed by atoms with Gasteiger partial charge in [-0.15, -0.1) is 0 Å². The molecule has 1 aromatic carbocycles. The summed E-state index contributed by atoms with van der Waals surface area (Å²) in [5, 5.41) is 4.58. The van der Waals surface area contributed by atoms with E-state index in [-0.39, 0.29) is 4.90 Å². The van der Waals surface area contributed by atoms with Crippen LogP contribution in [0.25, 0.3) is 0 Å². The van der Waals surface area contributed by atoms with Gasteiger partial charge in [0.2, 0.25) is 10.0 Å². The van der Waals surface area contributed by atoms with E-state index in [9.17, 15) is 8.42 Å². The van der Waals surface area contributed by atoms with E-state index in [2.05, 4.69) is 9.82 Å². The average molecular weight is 330 g/mol. The first kappa shape index (κ1) is 15.8. The summed E-state index contributed by atoms with van der Waals surface area (Å²) >= 11 is 5.75. The second-order valence-corrected chi connectivity index (χ2v) is 6.55. The van der Waals surface area contributed by atoms with Gasteiger partial charge in [-0.3, -0.25) is 4.68 Å². The zero-order chi connectivity index (χ0) is 15.3. The average Bonchev–Trinajstić information content (AvgIpc) is 2.89. The highest BCUT2D eigenvalue weighted by atomic mass is 35.5. The van der Waals surface area contributed by atoms with Gasteiger partial charge in [0.05, 0.1) is 23.2 Å². The number of sulfonamides is 1. The lowest BCUT2D eigenvalue weighted by Crippen LogP contribution is -2.25. The number of halogens is 1. The van der Waals surface area contributed by atoms with Gasteiger partial charge in [0.25, 0.3) is 0 Å². The van der Waals surface area contributed by atoms with Crippen molar-refractivity contribution in [1.29, 1.82) is 0 Å². The van der Waals surface area contributed by atoms with Crippen LogP contribution in [0.15, 0.2) is 41.6 Å². The third-order valence-electron chi connectivity index (χ3n) is 2.83. The summed E-state index contributed by atoms with van der Waals surface area (Å²) in [5.74, 6) is 0.615. The molecule has 2 rings (SSSR count). The number of rotatable bonds is 7. The molecule has 6 nitrogen and oxygen atoms in total. The third kappa shape index (κ3) is 4.45. The van der Waals surface area contributed by atoms with Crippen LogP contribution in [-0.2, 0) is 16.6 Å². The lowest BCUT2D eigenvalue weighted by atomic mass is 10.3. The Morgan fingerprint density at radius 1 is 1.33 bits per heavy atom. The van der Waals surface area contributed by atoms with E-state index in [4.69, 9.17) is 16.3 Å². The molecule has 1 aromatic heterocycles. The fourth-order valence-electron chi connectivity index (χ4n) is 1.75. The smallest absolute Gasteiger partial charge is 0.240 e. The number of benzene rings is 1. The molecule has 0 fully saturated rings. The summed E-state index contributed by atoms with van der Waals surface area (Å²) in [4.78, 5) is 0.213. The molecule has 8 heteroatoms. The van der Waals surface area contributed by atoms with E-state index in [1.165, 1.54) is 19.2 Å². The first-order valence-corrected chi connectivity index (χ1v) is 8.19. The Bertz CT molecular complexity index is 683. The molecular formula is C13H16ClN3O3S. The lowest BCUT2D eigenvalue weighted by Gasteiger charge is -2.07. The Kier molecular flexibility index (Phi) is 5.22. The maximum absolute atomic E-state index is 12.1. The van der Waals surface area contributed by atoms with E-state index >= 15 is 0 Å². The van der Waals surface area contributed by atoms with Crippen molar-refractivity contribution in [2.75, 3.05) is 13.7 Å². The molecule has 21 heavy (non-hydrogen) atoms. The largest absolute Gasteiger partial charge is 0.497 e. The van der Waals surface area contributed by atoms with Crippen molar-refractivity contribution < 1.29 is 13.2 Å². The minimum atomic E-state index is -3.50. The highest BCUT2D eigenvalue weighted by molar-refractivity contribution is 7.89. The number of methoxy groups -OCH3 is 1. The molecule has 1 heterocycles. The summed E-state index contributed by atoms with van der Waals surface area (Å²) in [5.41, 5.74) is 0. The maximum Gasteiger partial charge on any atom is 0.240 e. The zero-order valence-electron chi connectivity index (χ0n) is 11.5. The van der Waals surface area contributed by atoms with Gasteiger partial charge in [-0.1, -0.05) is 11.6 Å². The molecular weight excluding hydrogens is 314 g/mol. The molecule has 0 saturated heterocycles. The first-order valence-electron chi connectivity index (χ1n) is 6.33. The van der Waals surface area contributed by atoms with Crippen LogP contribution in [-0.4, -0.2) is 31.9 Å². The van der Waals surface area contributed by atoms with Gasteiger partial charge < -0.3 is 4.74 Å². The summed E-state index contributed by atoms with van der Waals surface area (Å²) in [6.07, 6.45) is 3.86. The van der Waals surface area contributed by atoms with Crippen LogP contribution < -0.4 is 9.46 Å². The van der Waals surface area contributed by atoms with E-state index in [0.717, 1.165) is 0 Å². The highest BCUT2D eigenvalue weighted by Gasteiger charge is 2.13. The Labute approximate surface area is 128 Å². The van der Waals surface area contributed by atoms with Crippen molar-refractivity contribution in [2.45, 2.75) is 17.9 Å². The van der Waals surface area contributed by atoms with Crippen molar-refractivity contribution in [3.05, 3.63) is 41.7 Å². The van der Waals surface area contributed by atoms with Crippen molar-refractivity contribution in [1.82, 2.24) is 14.5 Å². The molecule has 1 N–H and O–H groups in total. The van der Waals surface area contributed by atoms with E-state index in [1.54, 1.807) is 29.2 Å². The van der Waals surface area contributed by atoms with Crippen LogP contribution in [0.4, 0.5) is 0 Å². The molecule has 0 aliphatic carbocycles. The standard InChI is InChI=1S/C13H16ClN3O3S/c1-20-12-3-5-13(6-4-12)21(18,19)16-7-2-8-17-10-11(14)9-15-17/h3-6,9-10,16H,2,7-8H2,1H3. The van der Waals surface area contributed by atoms with Crippen LogP contribution in [0.2, 0.25) is 5.02 Å². The number of hydrogen-bond acceptors (Lipinski definition) is 4. The van der Waals surface area contributed by atoms with Crippen molar-refractivity contribution >= 4 is 21.6 Å². The van der Waals surface area contributed by atoms with Gasteiger partial charge >= 0.3 is 0 Å². The van der Waals surface area contributed by atoms with E-state index < -0.39 is 10.0 Å². The normalized spacial score (nSPS) is 11.5. The monoisotopic (exact) mass is 329 g/mol. The van der Waals surface area contributed by atoms with Crippen molar-refractivity contribution in [3.8, 4) is 5.75 Å². The Morgan fingerprint density at radius 2 is 2.05 bits per heavy atom. The van der Waals surface area contributed by atoms with Crippen LogP contribution >= 0.6 is 11.6 Å². The molecule has 0 saturated carbocycles. The molecule has 0 spiro atoms. The summed E-state index contributed by atoms with van der Waals surface area (Å²) in [7, 11) is -1.96. The number of aromatic nitrogens is 2. The van der Waals surface area contributed by atoms with Gasteiger partial charge in [-0.2, -0.15) is 5.10 Å². The van der Waals surface area contributed by atoms with E-state index in [0.29, 0.717) is 30.3 Å². The Hall–Kier alpha value is -1.57. The SMILES string of the molecule is COc1ccc(S(=O)(=O)NCCCn2cc(Cl)cn2)cc1. The fourth-order valence-corrected chi connectivity index (χ4v) is 2.98. The minimum Gasteiger partial charge on any atom is -0.497 e. The molecule has 0 amide bonds. The first-order chi connectivity index (χ1) is 10.0. The molecule has 0 aliphatic rings. The molecule has 114 valence electrons. The number of hydrogen-bond donors (Lipinski definition) is 1. The van der Waals surface area contributed by atoms with Gasteiger partial charge in [0.15, 0.2) is 0 Å². The zero-order valence-corrected chi connectivity index (χ0v) is 13.1. The Balaban J connectivity index is 1.85. The third-order valence-corrected chi connectivity index (χ3v) is 4.50. The summed E-state index contributed by atoms with van der Waals surface area (Å²) in [6.45, 7) is 0.920. The molecule has 0 unspecified atom stereocenters. The predicted octanol–water partition coefficient (Wildman–Crippen LogP) is 1.91. The number of ether oxygens (including phenoxy) is 1. The van der Waals surface area contributed by atoms with Crippen molar-refractivity contribution in [3.63, 3.8) is 0 Å². The second-order valence-electron chi connectivity index (χ2n) is 4.35. The molecule has 0 aliphatic heterocycles. The molecule has 0 bridgehead atoms. The van der Waals surface area contributed by atoms with Crippen molar-refractivity contribution in [2.24, 2.45) is 0 Å². The Morgan fingerprint density at radius 3 is 2.62 bits per heavy atom. The van der Waals surface area contributed by atoms with Gasteiger partial charge in [-0.25, -0.2) is 13.1 Å². The second kappa shape index (κ2) is 6.93. The lowest BCUT2D eigenvalue weighted by molar-refractivity contribution is 0.414. The van der Waals surface area contributed by atoms with Gasteiger partial charge in [0, 0.05) is 19.3 Å². The van der Waals surface area contributed by atoms with Crippen LogP contribution in [0, 0.1) is 0 Å². The van der Waals surface area contributed by atoms with Gasteiger partial charge in [0.1, 0.15) is 5.75 Å². The number of nitrogens with one attached hydrogen (secondary N) is 1. The van der Waals surface area contributed by atoms with Gasteiger partial charge in [-0.05, 0) is 30.7 Å². The predicted molar refractivity (Wildman–Crippen MR) is 80.0 cm³/mol. The molecule has 2 aromatic rings.